The molecule has 0 N–H and O–H groups in total. The van der Waals surface area contributed by atoms with Crippen LogP contribution < -0.4 is 0 Å². The van der Waals surface area contributed by atoms with Crippen molar-refractivity contribution in [2.75, 3.05) is 0 Å². The number of halogens is 1. The minimum atomic E-state index is -0.509. The number of carbonyl (C=O) groups is 1. The molecule has 0 fully saturated rings. The van der Waals surface area contributed by atoms with Crippen LogP contribution in [-0.2, 0) is 4.79 Å². The van der Waals surface area contributed by atoms with Gasteiger partial charge in [-0.2, -0.15) is 0 Å². The molecule has 0 heterocycles. The van der Waals surface area contributed by atoms with Crippen molar-refractivity contribution in [1.82, 2.24) is 0 Å². The predicted molar refractivity (Wildman–Crippen MR) is 50.9 cm³/mol. The summed E-state index contributed by atoms with van der Waals surface area (Å²) < 4.78 is 0. The first kappa shape index (κ1) is 13.3. The van der Waals surface area contributed by atoms with E-state index >= 15 is 0 Å². The summed E-state index contributed by atoms with van der Waals surface area (Å²) in [5.74, 6) is 0. The molecule has 66 valence electrons. The zero-order chi connectivity index (χ0) is 9.11. The lowest BCUT2D eigenvalue weighted by atomic mass is 10.2. The summed E-state index contributed by atoms with van der Waals surface area (Å²) in [6.07, 6.45) is 6.58. The fourth-order valence-corrected chi connectivity index (χ4v) is 0.500. The molecule has 0 saturated heterocycles. The van der Waals surface area contributed by atoms with Gasteiger partial charge in [0.1, 0.15) is 0 Å². The summed E-state index contributed by atoms with van der Waals surface area (Å²) in [5, 5.41) is -0.509. The summed E-state index contributed by atoms with van der Waals surface area (Å²) in [5.41, 5.74) is 0. The van der Waals surface area contributed by atoms with E-state index < -0.39 is 5.24 Å². The molecule has 2 heteroatoms. The third-order valence-corrected chi connectivity index (χ3v) is 1.27. The highest BCUT2D eigenvalue weighted by molar-refractivity contribution is 6.66. The number of hydrogen-bond acceptors (Lipinski definition) is 1. The summed E-state index contributed by atoms with van der Waals surface area (Å²) in [4.78, 5) is 9.46. The third kappa shape index (κ3) is 26.0. The molecule has 1 nitrogen and oxygen atoms in total. The van der Waals surface area contributed by atoms with Crippen LogP contribution in [-0.4, -0.2) is 5.24 Å². The Balaban J connectivity index is 0. The zero-order valence-electron chi connectivity index (χ0n) is 7.40. The Hall–Kier alpha value is -0.300. The fraction of sp³-hybridized carbons (Fsp3) is 0.667. The second kappa shape index (κ2) is 12.4. The largest absolute Gasteiger partial charge is 0.276 e. The molecule has 0 spiro atoms. The molecule has 0 unspecified atom stereocenters. The first-order chi connectivity index (χ1) is 5.18. The smallest absolute Gasteiger partial charge is 0.244 e. The van der Waals surface area contributed by atoms with E-state index in [1.165, 1.54) is 25.7 Å². The van der Waals surface area contributed by atoms with Crippen molar-refractivity contribution in [1.29, 1.82) is 0 Å². The van der Waals surface area contributed by atoms with E-state index in [4.69, 9.17) is 11.6 Å². The van der Waals surface area contributed by atoms with E-state index in [0.29, 0.717) is 0 Å². The Morgan fingerprint density at radius 1 is 1.36 bits per heavy atom. The average Bonchev–Trinajstić information content (AvgIpc) is 2.02. The van der Waals surface area contributed by atoms with E-state index in [9.17, 15) is 4.79 Å². The predicted octanol–water partition coefficient (Wildman–Crippen LogP) is 3.52. The van der Waals surface area contributed by atoms with Crippen LogP contribution in [0.4, 0.5) is 0 Å². The second-order valence-electron chi connectivity index (χ2n) is 2.22. The van der Waals surface area contributed by atoms with Gasteiger partial charge in [-0.3, -0.25) is 4.79 Å². The maximum atomic E-state index is 9.46. The van der Waals surface area contributed by atoms with Crippen LogP contribution in [0.5, 0.6) is 0 Å². The molecular formula is C9H17ClO. The first-order valence-corrected chi connectivity index (χ1v) is 4.38. The molecule has 0 aromatic carbocycles. The van der Waals surface area contributed by atoms with E-state index in [1.54, 1.807) is 0 Å². The Morgan fingerprint density at radius 2 is 1.64 bits per heavy atom. The number of rotatable bonds is 4. The molecule has 0 rings (SSSR count). The highest BCUT2D eigenvalue weighted by atomic mass is 35.5. The van der Waals surface area contributed by atoms with Gasteiger partial charge in [0.2, 0.25) is 5.24 Å². The molecule has 0 aromatic heterocycles. The lowest BCUT2D eigenvalue weighted by Gasteiger charge is -1.86. The lowest BCUT2D eigenvalue weighted by Crippen LogP contribution is -1.67. The van der Waals surface area contributed by atoms with Gasteiger partial charge in [0.05, 0.1) is 0 Å². The zero-order valence-corrected chi connectivity index (χ0v) is 8.16. The quantitative estimate of drug-likeness (QED) is 0.364. The Bertz CT molecular complexity index is 95.7. The van der Waals surface area contributed by atoms with Gasteiger partial charge in [-0.1, -0.05) is 46.1 Å². The van der Waals surface area contributed by atoms with Gasteiger partial charge in [0, 0.05) is 0 Å². The van der Waals surface area contributed by atoms with Gasteiger partial charge in [0.15, 0.2) is 0 Å². The van der Waals surface area contributed by atoms with Crippen LogP contribution in [0.3, 0.4) is 0 Å². The van der Waals surface area contributed by atoms with Crippen molar-refractivity contribution < 1.29 is 4.79 Å². The van der Waals surface area contributed by atoms with E-state index in [0.717, 1.165) is 6.08 Å². The second-order valence-corrected chi connectivity index (χ2v) is 2.59. The molecule has 0 amide bonds. The van der Waals surface area contributed by atoms with Crippen LogP contribution in [0, 0.1) is 0 Å². The average molecular weight is 177 g/mol. The topological polar surface area (TPSA) is 17.1 Å². The number of allylic oxidation sites excluding steroid dienone is 1. The summed E-state index contributed by atoms with van der Waals surface area (Å²) in [7, 11) is 0. The van der Waals surface area contributed by atoms with Gasteiger partial charge >= 0.3 is 0 Å². The van der Waals surface area contributed by atoms with Gasteiger partial charge in [0.25, 0.3) is 0 Å². The van der Waals surface area contributed by atoms with Crippen molar-refractivity contribution in [2.45, 2.75) is 39.5 Å². The van der Waals surface area contributed by atoms with Crippen LogP contribution in [0.2, 0.25) is 0 Å². The van der Waals surface area contributed by atoms with Crippen LogP contribution in [0.25, 0.3) is 0 Å². The highest BCUT2D eigenvalue weighted by Crippen LogP contribution is 1.95. The SMILES string of the molecule is C=CC(=O)Cl.CCCCCC. The summed E-state index contributed by atoms with van der Waals surface area (Å²) in [6, 6.07) is 0. The van der Waals surface area contributed by atoms with Crippen molar-refractivity contribution in [3.63, 3.8) is 0 Å². The summed E-state index contributed by atoms with van der Waals surface area (Å²) in [6.45, 7) is 7.54. The maximum Gasteiger partial charge on any atom is 0.244 e. The minimum absolute atomic E-state index is 0.509. The van der Waals surface area contributed by atoms with E-state index in [2.05, 4.69) is 20.4 Å². The van der Waals surface area contributed by atoms with Crippen molar-refractivity contribution in [3.05, 3.63) is 12.7 Å². The molecule has 0 radical (unpaired) electrons. The first-order valence-electron chi connectivity index (χ1n) is 4.00. The van der Waals surface area contributed by atoms with Crippen LogP contribution in [0.1, 0.15) is 39.5 Å². The van der Waals surface area contributed by atoms with Gasteiger partial charge in [-0.15, -0.1) is 0 Å². The molecular weight excluding hydrogens is 160 g/mol. The number of hydrogen-bond donors (Lipinski definition) is 0. The van der Waals surface area contributed by atoms with E-state index in [1.807, 2.05) is 0 Å². The normalized spacial score (nSPS) is 7.91. The molecule has 0 aliphatic rings. The molecule has 0 aromatic rings. The molecule has 0 atom stereocenters. The Morgan fingerprint density at radius 3 is 1.73 bits per heavy atom. The number of unbranched alkanes of at least 4 members (excludes halogenated alkanes) is 3. The molecule has 11 heavy (non-hydrogen) atoms. The van der Waals surface area contributed by atoms with E-state index in [-0.39, 0.29) is 0 Å². The Labute approximate surface area is 74.4 Å². The van der Waals surface area contributed by atoms with Crippen LogP contribution in [0.15, 0.2) is 12.7 Å². The molecule has 0 aliphatic carbocycles. The number of carbonyl (C=O) groups excluding carboxylic acids is 1. The fourth-order valence-electron chi connectivity index (χ4n) is 0.500. The lowest BCUT2D eigenvalue weighted by molar-refractivity contribution is -0.107. The van der Waals surface area contributed by atoms with Crippen molar-refractivity contribution >= 4 is 16.8 Å². The van der Waals surface area contributed by atoms with Gasteiger partial charge in [-0.25, -0.2) is 0 Å². The Kier molecular flexibility index (Phi) is 15.0. The third-order valence-electron chi connectivity index (χ3n) is 1.12. The molecule has 0 aliphatic heterocycles. The van der Waals surface area contributed by atoms with Gasteiger partial charge in [-0.05, 0) is 17.7 Å². The molecule has 0 bridgehead atoms. The minimum Gasteiger partial charge on any atom is -0.276 e. The van der Waals surface area contributed by atoms with Crippen molar-refractivity contribution in [3.8, 4) is 0 Å². The summed E-state index contributed by atoms with van der Waals surface area (Å²) >= 11 is 4.71. The highest BCUT2D eigenvalue weighted by Gasteiger charge is 1.75. The van der Waals surface area contributed by atoms with Crippen LogP contribution >= 0.6 is 11.6 Å². The van der Waals surface area contributed by atoms with Crippen molar-refractivity contribution in [2.24, 2.45) is 0 Å². The standard InChI is InChI=1S/C6H14.C3H3ClO/c1-3-5-6-4-2;1-2-3(4)5/h3-6H2,1-2H3;2H,1H2. The maximum absolute atomic E-state index is 9.46. The monoisotopic (exact) mass is 176 g/mol. The molecule has 0 saturated carbocycles. The van der Waals surface area contributed by atoms with Gasteiger partial charge < -0.3 is 0 Å².